The molecule has 4 atom stereocenters. The SMILES string of the molecule is CC(C)CCCCCCCCCC(=O)OC[C@H](COP(=O)(O)OC[C@@H](O)CO)OC(=O)CCC/C=C\C/C=C\C/C=C\C/C=C\CCC[C@H](C)O. The third-order valence-corrected chi connectivity index (χ3v) is 8.63. The van der Waals surface area contributed by atoms with Crippen molar-refractivity contribution in [1.29, 1.82) is 0 Å². The molecule has 0 saturated carbocycles. The van der Waals surface area contributed by atoms with Crippen LogP contribution in [0.25, 0.3) is 0 Å². The molecule has 12 heteroatoms. The van der Waals surface area contributed by atoms with Gasteiger partial charge in [-0.1, -0.05) is 107 Å². The zero-order valence-corrected chi connectivity index (χ0v) is 32.5. The highest BCUT2D eigenvalue weighted by Crippen LogP contribution is 2.43. The Balaban J connectivity index is 4.48. The lowest BCUT2D eigenvalue weighted by molar-refractivity contribution is -0.161. The molecule has 0 radical (unpaired) electrons. The zero-order valence-electron chi connectivity index (χ0n) is 31.6. The molecule has 11 nitrogen and oxygen atoms in total. The van der Waals surface area contributed by atoms with E-state index >= 15 is 0 Å². The summed E-state index contributed by atoms with van der Waals surface area (Å²) in [6.45, 7) is 4.07. The molecule has 0 saturated heterocycles. The van der Waals surface area contributed by atoms with Crippen LogP contribution in [-0.2, 0) is 32.7 Å². The fraction of sp³-hybridized carbons (Fsp3) is 0.744. The average molecular weight is 745 g/mol. The molecule has 0 aromatic heterocycles. The van der Waals surface area contributed by atoms with E-state index in [4.69, 9.17) is 19.1 Å². The highest BCUT2D eigenvalue weighted by Gasteiger charge is 2.27. The molecule has 0 aliphatic heterocycles. The fourth-order valence-corrected chi connectivity index (χ4v) is 5.51. The summed E-state index contributed by atoms with van der Waals surface area (Å²) >= 11 is 0. The van der Waals surface area contributed by atoms with Crippen molar-refractivity contribution in [1.82, 2.24) is 0 Å². The first kappa shape index (κ1) is 48.9. The van der Waals surface area contributed by atoms with Gasteiger partial charge in [-0.05, 0) is 70.6 Å². The maximum atomic E-state index is 12.5. The Kier molecular flexibility index (Phi) is 32.3. The van der Waals surface area contributed by atoms with Crippen LogP contribution in [0.15, 0.2) is 48.6 Å². The predicted octanol–water partition coefficient (Wildman–Crippen LogP) is 8.21. The summed E-state index contributed by atoms with van der Waals surface area (Å²) in [6.07, 6.45) is 29.6. The second-order valence-electron chi connectivity index (χ2n) is 13.4. The quantitative estimate of drug-likeness (QED) is 0.0217. The second kappa shape index (κ2) is 33.7. The number of phosphoric acid groups is 1. The van der Waals surface area contributed by atoms with E-state index in [0.29, 0.717) is 19.3 Å². The van der Waals surface area contributed by atoms with Crippen LogP contribution in [0.1, 0.15) is 136 Å². The van der Waals surface area contributed by atoms with Gasteiger partial charge in [0.05, 0.1) is 25.9 Å². The molecule has 0 aliphatic rings. The average Bonchev–Trinajstić information content (AvgIpc) is 3.08. The molecule has 1 unspecified atom stereocenters. The number of aliphatic hydroxyl groups is 3. The molecule has 51 heavy (non-hydrogen) atoms. The van der Waals surface area contributed by atoms with E-state index in [-0.39, 0.29) is 25.6 Å². The van der Waals surface area contributed by atoms with Crippen LogP contribution in [0, 0.1) is 5.92 Å². The Bertz CT molecular complexity index is 1020. The molecule has 0 fully saturated rings. The highest BCUT2D eigenvalue weighted by molar-refractivity contribution is 7.47. The number of carbonyl (C=O) groups excluding carboxylic acids is 2. The van der Waals surface area contributed by atoms with Gasteiger partial charge >= 0.3 is 19.8 Å². The van der Waals surface area contributed by atoms with Gasteiger partial charge in [-0.15, -0.1) is 0 Å². The summed E-state index contributed by atoms with van der Waals surface area (Å²) in [5.41, 5.74) is 0. The van der Waals surface area contributed by atoms with Gasteiger partial charge in [0.1, 0.15) is 12.7 Å². The lowest BCUT2D eigenvalue weighted by Crippen LogP contribution is -2.29. The molecular formula is C39H69O11P. The molecule has 296 valence electrons. The van der Waals surface area contributed by atoms with Gasteiger partial charge < -0.3 is 29.7 Å². The Labute approximate surface area is 307 Å². The van der Waals surface area contributed by atoms with Gasteiger partial charge in [-0.2, -0.15) is 0 Å². The number of aliphatic hydroxyl groups excluding tert-OH is 3. The van der Waals surface area contributed by atoms with Crippen LogP contribution in [0.4, 0.5) is 0 Å². The summed E-state index contributed by atoms with van der Waals surface area (Å²) in [5.74, 6) is -0.279. The van der Waals surface area contributed by atoms with Gasteiger partial charge in [-0.25, -0.2) is 4.57 Å². The van der Waals surface area contributed by atoms with E-state index in [9.17, 15) is 29.3 Å². The minimum absolute atomic E-state index is 0.0951. The van der Waals surface area contributed by atoms with Crippen molar-refractivity contribution in [3.63, 3.8) is 0 Å². The first-order valence-corrected chi connectivity index (χ1v) is 20.5. The monoisotopic (exact) mass is 744 g/mol. The fourth-order valence-electron chi connectivity index (χ4n) is 4.72. The van der Waals surface area contributed by atoms with Crippen molar-refractivity contribution in [3.8, 4) is 0 Å². The van der Waals surface area contributed by atoms with Crippen molar-refractivity contribution in [2.75, 3.05) is 26.4 Å². The van der Waals surface area contributed by atoms with Crippen LogP contribution < -0.4 is 0 Å². The molecule has 0 heterocycles. The van der Waals surface area contributed by atoms with Crippen molar-refractivity contribution >= 4 is 19.8 Å². The van der Waals surface area contributed by atoms with E-state index < -0.39 is 51.8 Å². The summed E-state index contributed by atoms with van der Waals surface area (Å²) in [5, 5.41) is 27.5. The Morgan fingerprint density at radius 3 is 1.71 bits per heavy atom. The Morgan fingerprint density at radius 1 is 0.627 bits per heavy atom. The van der Waals surface area contributed by atoms with Crippen molar-refractivity contribution in [2.24, 2.45) is 5.92 Å². The number of phosphoric ester groups is 1. The summed E-state index contributed by atoms with van der Waals surface area (Å²) < 4.78 is 32.5. The van der Waals surface area contributed by atoms with Crippen LogP contribution in [0.5, 0.6) is 0 Å². The van der Waals surface area contributed by atoms with Crippen molar-refractivity contribution in [2.45, 2.75) is 155 Å². The molecule has 0 spiro atoms. The van der Waals surface area contributed by atoms with Crippen LogP contribution in [0.2, 0.25) is 0 Å². The lowest BCUT2D eigenvalue weighted by atomic mass is 10.0. The standard InChI is InChI=1S/C39H69O11P/c1-34(2)26-22-18-14-13-17-20-24-28-38(43)47-32-37(33-49-51(45,46)48-31-36(42)30-40)50-39(44)29-25-21-16-12-10-8-6-4-5-7-9-11-15-19-23-27-35(3)41/h5-8,11-12,15-16,34-37,40-42H,4,9-10,13-14,17-33H2,1-3H3,(H,45,46)/b7-5-,8-6-,15-11-,16-12-/t35-,36-,37+/m0/s1. The van der Waals surface area contributed by atoms with E-state index in [2.05, 4.69) is 54.8 Å². The number of carbonyl (C=O) groups is 2. The van der Waals surface area contributed by atoms with E-state index in [0.717, 1.165) is 63.7 Å². The smallest absolute Gasteiger partial charge is 0.462 e. The predicted molar refractivity (Wildman–Crippen MR) is 202 cm³/mol. The number of rotatable bonds is 34. The topological polar surface area (TPSA) is 169 Å². The van der Waals surface area contributed by atoms with Crippen LogP contribution >= 0.6 is 7.82 Å². The minimum Gasteiger partial charge on any atom is -0.462 e. The van der Waals surface area contributed by atoms with Gasteiger partial charge in [-0.3, -0.25) is 18.6 Å². The summed E-state index contributed by atoms with van der Waals surface area (Å²) in [4.78, 5) is 34.7. The van der Waals surface area contributed by atoms with Gasteiger partial charge in [0.15, 0.2) is 6.10 Å². The maximum Gasteiger partial charge on any atom is 0.472 e. The minimum atomic E-state index is -4.63. The number of esters is 2. The van der Waals surface area contributed by atoms with Crippen molar-refractivity contribution in [3.05, 3.63) is 48.6 Å². The molecule has 0 amide bonds. The molecule has 0 aliphatic carbocycles. The summed E-state index contributed by atoms with van der Waals surface area (Å²) in [6, 6.07) is 0. The number of unbranched alkanes of at least 4 members (excludes halogenated alkanes) is 8. The van der Waals surface area contributed by atoms with Crippen LogP contribution in [0.3, 0.4) is 0 Å². The second-order valence-corrected chi connectivity index (χ2v) is 14.8. The van der Waals surface area contributed by atoms with Gasteiger partial charge in [0, 0.05) is 12.8 Å². The molecule has 0 bridgehead atoms. The third kappa shape index (κ3) is 36.1. The van der Waals surface area contributed by atoms with Crippen molar-refractivity contribution < 1.29 is 52.9 Å². The zero-order chi connectivity index (χ0) is 38.0. The summed E-state index contributed by atoms with van der Waals surface area (Å²) in [7, 11) is -4.63. The van der Waals surface area contributed by atoms with Gasteiger partial charge in [0.25, 0.3) is 0 Å². The normalized spacial score (nSPS) is 15.3. The van der Waals surface area contributed by atoms with Crippen LogP contribution in [-0.4, -0.2) is 76.9 Å². The van der Waals surface area contributed by atoms with E-state index in [1.165, 1.54) is 25.7 Å². The number of hydrogen-bond donors (Lipinski definition) is 4. The first-order chi connectivity index (χ1) is 24.4. The molecule has 0 rings (SSSR count). The molecule has 0 aromatic carbocycles. The molecule has 4 N–H and O–H groups in total. The molecular weight excluding hydrogens is 675 g/mol. The Hall–Kier alpha value is -2.11. The molecule has 0 aromatic rings. The Morgan fingerprint density at radius 2 is 1.14 bits per heavy atom. The van der Waals surface area contributed by atoms with Gasteiger partial charge in [0.2, 0.25) is 0 Å². The first-order valence-electron chi connectivity index (χ1n) is 19.0. The number of ether oxygens (including phenoxy) is 2. The number of hydrogen-bond acceptors (Lipinski definition) is 10. The third-order valence-electron chi connectivity index (χ3n) is 7.68. The van der Waals surface area contributed by atoms with E-state index in [1.54, 1.807) is 0 Å². The largest absolute Gasteiger partial charge is 0.472 e. The lowest BCUT2D eigenvalue weighted by Gasteiger charge is -2.20. The number of allylic oxidation sites excluding steroid dienone is 8. The maximum absolute atomic E-state index is 12.5. The van der Waals surface area contributed by atoms with E-state index in [1.807, 2.05) is 19.1 Å². The highest BCUT2D eigenvalue weighted by atomic mass is 31.2.